The Morgan fingerprint density at radius 3 is 2.59 bits per heavy atom. The number of ether oxygens (including phenoxy) is 1. The zero-order chi connectivity index (χ0) is 19.6. The summed E-state index contributed by atoms with van der Waals surface area (Å²) in [6.45, 7) is 11.7. The van der Waals surface area contributed by atoms with Crippen LogP contribution in [0.4, 0.5) is 0 Å². The Balaban J connectivity index is 1.87. The molecule has 0 aromatic heterocycles. The van der Waals surface area contributed by atoms with E-state index in [2.05, 4.69) is 88.4 Å². The normalized spacial score (nSPS) is 17.1. The van der Waals surface area contributed by atoms with E-state index in [0.717, 1.165) is 31.9 Å². The number of hydrogen-bond donors (Lipinski definition) is 1. The third kappa shape index (κ3) is 4.91. The first-order valence-corrected chi connectivity index (χ1v) is 10.00. The third-order valence-corrected chi connectivity index (χ3v) is 5.27. The van der Waals surface area contributed by atoms with Crippen LogP contribution < -0.4 is 10.1 Å². The van der Waals surface area contributed by atoms with Gasteiger partial charge in [-0.25, -0.2) is 0 Å². The lowest BCUT2D eigenvalue weighted by Gasteiger charge is -2.30. The lowest BCUT2D eigenvalue weighted by Crippen LogP contribution is -2.31. The average molecular weight is 367 g/mol. The van der Waals surface area contributed by atoms with Crippen LogP contribution in [0.15, 0.2) is 36.4 Å². The zero-order valence-electron chi connectivity index (χ0n) is 17.7. The van der Waals surface area contributed by atoms with Gasteiger partial charge in [0.05, 0.1) is 6.04 Å². The van der Waals surface area contributed by atoms with E-state index in [-0.39, 0.29) is 11.5 Å². The molecule has 3 nitrogen and oxygen atoms in total. The number of fused-ring (bicyclic) bond motifs is 1. The Morgan fingerprint density at radius 1 is 1.11 bits per heavy atom. The van der Waals surface area contributed by atoms with Crippen molar-refractivity contribution in [3.63, 3.8) is 0 Å². The number of hydrogen-bond acceptors (Lipinski definition) is 3. The fourth-order valence-corrected chi connectivity index (χ4v) is 3.69. The van der Waals surface area contributed by atoms with Gasteiger partial charge in [-0.3, -0.25) is 0 Å². The van der Waals surface area contributed by atoms with Gasteiger partial charge in [-0.2, -0.15) is 0 Å². The van der Waals surface area contributed by atoms with Gasteiger partial charge < -0.3 is 15.0 Å². The molecule has 1 heterocycles. The summed E-state index contributed by atoms with van der Waals surface area (Å²) in [5.41, 5.74) is 7.03. The first-order chi connectivity index (χ1) is 12.7. The predicted octanol–water partition coefficient (Wildman–Crippen LogP) is 4.47. The number of nitrogens with one attached hydrogen (secondary N) is 1. The Morgan fingerprint density at radius 2 is 1.89 bits per heavy atom. The Labute approximate surface area is 164 Å². The lowest BCUT2D eigenvalue weighted by molar-refractivity contribution is 0.261. The van der Waals surface area contributed by atoms with Crippen molar-refractivity contribution in [2.24, 2.45) is 0 Å². The molecule has 0 radical (unpaired) electrons. The zero-order valence-corrected chi connectivity index (χ0v) is 17.7. The summed E-state index contributed by atoms with van der Waals surface area (Å²) < 4.78 is 5.94. The molecule has 1 aliphatic rings. The summed E-state index contributed by atoms with van der Waals surface area (Å²) in [7, 11) is 4.14. The van der Waals surface area contributed by atoms with Gasteiger partial charge in [-0.15, -0.1) is 0 Å². The van der Waals surface area contributed by atoms with Gasteiger partial charge >= 0.3 is 0 Å². The molecule has 0 amide bonds. The van der Waals surface area contributed by atoms with E-state index in [0.29, 0.717) is 0 Å². The molecule has 1 N–H and O–H groups in total. The second kappa shape index (κ2) is 8.04. The first-order valence-electron chi connectivity index (χ1n) is 10.00. The van der Waals surface area contributed by atoms with Gasteiger partial charge in [-0.1, -0.05) is 50.6 Å². The van der Waals surface area contributed by atoms with Crippen molar-refractivity contribution >= 4 is 0 Å². The Kier molecular flexibility index (Phi) is 5.92. The summed E-state index contributed by atoms with van der Waals surface area (Å²) >= 11 is 0. The van der Waals surface area contributed by atoms with Crippen LogP contribution in [0.1, 0.15) is 54.6 Å². The van der Waals surface area contributed by atoms with E-state index < -0.39 is 0 Å². The number of aryl methyl sites for hydroxylation is 1. The van der Waals surface area contributed by atoms with Crippen molar-refractivity contribution in [3.05, 3.63) is 64.2 Å². The summed E-state index contributed by atoms with van der Waals surface area (Å²) in [5, 5.41) is 3.73. The number of benzene rings is 2. The van der Waals surface area contributed by atoms with Crippen LogP contribution >= 0.6 is 0 Å². The maximum absolute atomic E-state index is 5.94. The molecule has 0 aliphatic carbocycles. The summed E-state index contributed by atoms with van der Waals surface area (Å²) in [6.07, 6.45) is 1.05. The van der Waals surface area contributed by atoms with Crippen molar-refractivity contribution in [1.82, 2.24) is 10.2 Å². The highest BCUT2D eigenvalue weighted by molar-refractivity contribution is 5.46. The predicted molar refractivity (Wildman–Crippen MR) is 114 cm³/mol. The van der Waals surface area contributed by atoms with E-state index in [1.165, 1.54) is 27.8 Å². The van der Waals surface area contributed by atoms with E-state index >= 15 is 0 Å². The monoisotopic (exact) mass is 366 g/mol. The van der Waals surface area contributed by atoms with Crippen molar-refractivity contribution in [2.45, 2.75) is 45.6 Å². The first kappa shape index (κ1) is 19.9. The van der Waals surface area contributed by atoms with E-state index in [9.17, 15) is 0 Å². The summed E-state index contributed by atoms with van der Waals surface area (Å²) in [4.78, 5) is 2.14. The second-order valence-corrected chi connectivity index (χ2v) is 9.03. The maximum atomic E-state index is 5.94. The minimum absolute atomic E-state index is 0.155. The molecular formula is C24H34N2O. The molecule has 0 spiro atoms. The molecule has 0 saturated heterocycles. The quantitative estimate of drug-likeness (QED) is 0.845. The molecule has 0 bridgehead atoms. The molecule has 1 aliphatic heterocycles. The molecule has 27 heavy (non-hydrogen) atoms. The smallest absolute Gasteiger partial charge is 0.119 e. The van der Waals surface area contributed by atoms with Crippen molar-refractivity contribution in [3.8, 4) is 5.75 Å². The molecule has 2 aromatic rings. The largest absolute Gasteiger partial charge is 0.492 e. The highest BCUT2D eigenvalue weighted by atomic mass is 16.5. The van der Waals surface area contributed by atoms with Crippen LogP contribution in [0.2, 0.25) is 0 Å². The highest BCUT2D eigenvalue weighted by Gasteiger charge is 2.24. The molecule has 0 fully saturated rings. The van der Waals surface area contributed by atoms with Crippen LogP contribution in [0, 0.1) is 6.92 Å². The van der Waals surface area contributed by atoms with Gasteiger partial charge in [0.15, 0.2) is 0 Å². The summed E-state index contributed by atoms with van der Waals surface area (Å²) in [5.74, 6) is 0.982. The summed E-state index contributed by atoms with van der Waals surface area (Å²) in [6, 6.07) is 13.9. The fraction of sp³-hybridized carbons (Fsp3) is 0.500. The molecule has 1 unspecified atom stereocenters. The minimum Gasteiger partial charge on any atom is -0.492 e. The van der Waals surface area contributed by atoms with Crippen LogP contribution in [-0.4, -0.2) is 38.7 Å². The molecule has 146 valence electrons. The second-order valence-electron chi connectivity index (χ2n) is 9.03. The number of nitrogens with zero attached hydrogens (tertiary/aromatic N) is 1. The van der Waals surface area contributed by atoms with E-state index in [1.54, 1.807) is 0 Å². The van der Waals surface area contributed by atoms with Gasteiger partial charge in [0, 0.05) is 13.1 Å². The fourth-order valence-electron chi connectivity index (χ4n) is 3.69. The third-order valence-electron chi connectivity index (χ3n) is 5.27. The topological polar surface area (TPSA) is 24.5 Å². The molecule has 3 rings (SSSR count). The van der Waals surface area contributed by atoms with Crippen LogP contribution in [-0.2, 0) is 11.8 Å². The maximum Gasteiger partial charge on any atom is 0.119 e. The Hall–Kier alpha value is -1.84. The molecule has 3 heteroatoms. The minimum atomic E-state index is 0.155. The number of rotatable bonds is 5. The van der Waals surface area contributed by atoms with E-state index in [1.807, 2.05) is 0 Å². The molecule has 2 aromatic carbocycles. The van der Waals surface area contributed by atoms with E-state index in [4.69, 9.17) is 4.74 Å². The Bertz CT molecular complexity index is 789. The molecule has 0 saturated carbocycles. The number of likely N-dealkylation sites (N-methyl/N-ethyl adjacent to an activating group) is 1. The molecule has 1 atom stereocenters. The van der Waals surface area contributed by atoms with Crippen LogP contribution in [0.25, 0.3) is 0 Å². The highest BCUT2D eigenvalue weighted by Crippen LogP contribution is 2.34. The average Bonchev–Trinajstić information content (AvgIpc) is 2.59. The lowest BCUT2D eigenvalue weighted by atomic mass is 9.82. The standard InChI is InChI=1S/C24H34N2O/c1-17-13-19(15-20(14-17)24(2,3)4)23-22-8-7-21(27-12-11-26(5)6)16-18(22)9-10-25-23/h7-8,13-16,23,25H,9-12H2,1-6H3. The SMILES string of the molecule is Cc1cc(C2NCCc3cc(OCCN(C)C)ccc32)cc(C(C)(C)C)c1. The van der Waals surface area contributed by atoms with Crippen molar-refractivity contribution < 1.29 is 4.74 Å². The van der Waals surface area contributed by atoms with Crippen molar-refractivity contribution in [2.75, 3.05) is 33.8 Å². The van der Waals surface area contributed by atoms with Crippen LogP contribution in [0.3, 0.4) is 0 Å². The van der Waals surface area contributed by atoms with Gasteiger partial charge in [-0.05, 0) is 67.2 Å². The molecular weight excluding hydrogens is 332 g/mol. The van der Waals surface area contributed by atoms with Gasteiger partial charge in [0.1, 0.15) is 12.4 Å². The van der Waals surface area contributed by atoms with Crippen molar-refractivity contribution in [1.29, 1.82) is 0 Å². The van der Waals surface area contributed by atoms with Crippen LogP contribution in [0.5, 0.6) is 5.75 Å². The van der Waals surface area contributed by atoms with Gasteiger partial charge in [0.25, 0.3) is 0 Å². The van der Waals surface area contributed by atoms with Gasteiger partial charge in [0.2, 0.25) is 0 Å².